The molecule has 0 spiro atoms. The molecule has 1 aromatic rings. The summed E-state index contributed by atoms with van der Waals surface area (Å²) in [7, 11) is 1.66. The van der Waals surface area contributed by atoms with Gasteiger partial charge in [-0.05, 0) is 36.0 Å². The lowest BCUT2D eigenvalue weighted by molar-refractivity contribution is -0.119. The van der Waals surface area contributed by atoms with Crippen molar-refractivity contribution in [2.45, 2.75) is 39.0 Å². The Labute approximate surface area is 108 Å². The third-order valence-corrected chi connectivity index (χ3v) is 3.43. The summed E-state index contributed by atoms with van der Waals surface area (Å²) in [6.07, 6.45) is 1.87. The number of nitrogens with zero attached hydrogens (tertiary/aromatic N) is 1. The topological polar surface area (TPSA) is 20.3 Å². The van der Waals surface area contributed by atoms with Crippen molar-refractivity contribution in [1.82, 2.24) is 0 Å². The molecule has 1 saturated carbocycles. The smallest absolute Gasteiger partial charge is 0.229 e. The van der Waals surface area contributed by atoms with Gasteiger partial charge < -0.3 is 4.90 Å². The number of carbonyl (C=O) groups excluding carboxylic acids is 1. The summed E-state index contributed by atoms with van der Waals surface area (Å²) in [5.74, 6) is -0.202. The van der Waals surface area contributed by atoms with Gasteiger partial charge in [0.15, 0.2) is 0 Å². The molecular formula is C15H20FNO. The second-order valence-corrected chi connectivity index (χ2v) is 6.09. The lowest BCUT2D eigenvalue weighted by Gasteiger charge is -2.23. The van der Waals surface area contributed by atoms with Crippen LogP contribution >= 0.6 is 0 Å². The molecule has 1 amide bonds. The van der Waals surface area contributed by atoms with E-state index in [1.807, 2.05) is 0 Å². The summed E-state index contributed by atoms with van der Waals surface area (Å²) < 4.78 is 13.9. The zero-order valence-corrected chi connectivity index (χ0v) is 11.5. The average Bonchev–Trinajstić information content (AvgIpc) is 3.10. The predicted octanol–water partition coefficient (Wildman–Crippen LogP) is 3.50. The molecule has 0 radical (unpaired) electrons. The fraction of sp³-hybridized carbons (Fsp3) is 0.533. The molecule has 0 heterocycles. The minimum absolute atomic E-state index is 0.0277. The molecular weight excluding hydrogens is 229 g/mol. The standard InChI is InChI=1S/C15H20FNO/c1-15(2,3)11-7-8-12(16)13(9-11)17(4)14(18)10-5-6-10/h7-10H,5-6H2,1-4H3. The molecule has 98 valence electrons. The molecule has 1 aliphatic rings. The first-order valence-corrected chi connectivity index (χ1v) is 6.38. The molecule has 0 atom stereocenters. The number of anilines is 1. The Hall–Kier alpha value is -1.38. The van der Waals surface area contributed by atoms with Crippen molar-refractivity contribution in [3.05, 3.63) is 29.6 Å². The number of halogens is 1. The Morgan fingerprint density at radius 1 is 1.33 bits per heavy atom. The summed E-state index contributed by atoms with van der Waals surface area (Å²) in [6, 6.07) is 5.02. The van der Waals surface area contributed by atoms with Crippen molar-refractivity contribution in [3.63, 3.8) is 0 Å². The van der Waals surface area contributed by atoms with E-state index < -0.39 is 0 Å². The molecule has 0 N–H and O–H groups in total. The van der Waals surface area contributed by atoms with Crippen LogP contribution in [0.25, 0.3) is 0 Å². The van der Waals surface area contributed by atoms with Crippen LogP contribution in [0.1, 0.15) is 39.2 Å². The van der Waals surface area contributed by atoms with Crippen molar-refractivity contribution < 1.29 is 9.18 Å². The van der Waals surface area contributed by atoms with Crippen LogP contribution in [0.5, 0.6) is 0 Å². The summed E-state index contributed by atoms with van der Waals surface area (Å²) in [5.41, 5.74) is 1.38. The van der Waals surface area contributed by atoms with E-state index in [1.54, 1.807) is 19.2 Å². The number of carbonyl (C=O) groups is 1. The summed E-state index contributed by atoms with van der Waals surface area (Å²) >= 11 is 0. The van der Waals surface area contributed by atoms with Gasteiger partial charge in [0.05, 0.1) is 5.69 Å². The SMILES string of the molecule is CN(C(=O)C1CC1)c1cc(C(C)(C)C)ccc1F. The maximum atomic E-state index is 13.9. The Morgan fingerprint density at radius 2 is 1.94 bits per heavy atom. The zero-order valence-electron chi connectivity index (χ0n) is 11.5. The highest BCUT2D eigenvalue weighted by molar-refractivity contribution is 5.96. The Bertz CT molecular complexity index is 472. The van der Waals surface area contributed by atoms with Crippen LogP contribution in [-0.2, 0) is 10.2 Å². The first-order chi connectivity index (χ1) is 8.30. The second-order valence-electron chi connectivity index (χ2n) is 6.09. The van der Waals surface area contributed by atoms with Crippen LogP contribution in [0.2, 0.25) is 0 Å². The molecule has 0 unspecified atom stereocenters. The van der Waals surface area contributed by atoms with Gasteiger partial charge in [0.25, 0.3) is 0 Å². The van der Waals surface area contributed by atoms with E-state index in [2.05, 4.69) is 20.8 Å². The number of benzene rings is 1. The number of amides is 1. The molecule has 0 saturated heterocycles. The van der Waals surface area contributed by atoms with Gasteiger partial charge in [0.2, 0.25) is 5.91 Å². The molecule has 0 bridgehead atoms. The largest absolute Gasteiger partial charge is 0.313 e. The third-order valence-electron chi connectivity index (χ3n) is 3.43. The highest BCUT2D eigenvalue weighted by Gasteiger charge is 2.33. The summed E-state index contributed by atoms with van der Waals surface area (Å²) in [5, 5.41) is 0. The van der Waals surface area contributed by atoms with Crippen LogP contribution < -0.4 is 4.90 Å². The lowest BCUT2D eigenvalue weighted by atomic mass is 9.87. The minimum atomic E-state index is -0.334. The van der Waals surface area contributed by atoms with Crippen molar-refractivity contribution in [2.24, 2.45) is 5.92 Å². The van der Waals surface area contributed by atoms with Gasteiger partial charge in [-0.1, -0.05) is 26.8 Å². The zero-order chi connectivity index (χ0) is 13.5. The first-order valence-electron chi connectivity index (χ1n) is 6.38. The molecule has 1 fully saturated rings. The minimum Gasteiger partial charge on any atom is -0.313 e. The normalized spacial score (nSPS) is 15.6. The molecule has 1 aliphatic carbocycles. The van der Waals surface area contributed by atoms with Crippen LogP contribution in [0.3, 0.4) is 0 Å². The van der Waals surface area contributed by atoms with E-state index >= 15 is 0 Å². The number of rotatable bonds is 2. The van der Waals surface area contributed by atoms with E-state index in [-0.39, 0.29) is 23.1 Å². The predicted molar refractivity (Wildman–Crippen MR) is 71.2 cm³/mol. The van der Waals surface area contributed by atoms with Gasteiger partial charge >= 0.3 is 0 Å². The fourth-order valence-corrected chi connectivity index (χ4v) is 1.96. The van der Waals surface area contributed by atoms with Gasteiger partial charge in [-0.3, -0.25) is 4.79 Å². The van der Waals surface area contributed by atoms with Gasteiger partial charge in [-0.2, -0.15) is 0 Å². The number of hydrogen-bond acceptors (Lipinski definition) is 1. The van der Waals surface area contributed by atoms with Crippen LogP contribution in [0.15, 0.2) is 18.2 Å². The van der Waals surface area contributed by atoms with Gasteiger partial charge in [-0.25, -0.2) is 4.39 Å². The maximum Gasteiger partial charge on any atom is 0.229 e. The average molecular weight is 249 g/mol. The van der Waals surface area contributed by atoms with Gasteiger partial charge in [-0.15, -0.1) is 0 Å². The highest BCUT2D eigenvalue weighted by atomic mass is 19.1. The molecule has 0 aliphatic heterocycles. The third kappa shape index (κ3) is 2.55. The number of hydrogen-bond donors (Lipinski definition) is 0. The van der Waals surface area contributed by atoms with E-state index in [1.165, 1.54) is 11.0 Å². The molecule has 0 aromatic heterocycles. The molecule has 2 nitrogen and oxygen atoms in total. The van der Waals surface area contributed by atoms with E-state index in [4.69, 9.17) is 0 Å². The first kappa shape index (κ1) is 13.1. The lowest BCUT2D eigenvalue weighted by Crippen LogP contribution is -2.29. The van der Waals surface area contributed by atoms with E-state index in [9.17, 15) is 9.18 Å². The Kier molecular flexibility index (Phi) is 3.18. The van der Waals surface area contributed by atoms with Crippen molar-refractivity contribution >= 4 is 11.6 Å². The quantitative estimate of drug-likeness (QED) is 0.785. The van der Waals surface area contributed by atoms with Crippen LogP contribution in [0.4, 0.5) is 10.1 Å². The van der Waals surface area contributed by atoms with Crippen molar-refractivity contribution in [1.29, 1.82) is 0 Å². The fourth-order valence-electron chi connectivity index (χ4n) is 1.96. The van der Waals surface area contributed by atoms with E-state index in [0.29, 0.717) is 5.69 Å². The van der Waals surface area contributed by atoms with Crippen LogP contribution in [0, 0.1) is 11.7 Å². The van der Waals surface area contributed by atoms with E-state index in [0.717, 1.165) is 18.4 Å². The highest BCUT2D eigenvalue weighted by Crippen LogP contribution is 2.34. The summed E-state index contributed by atoms with van der Waals surface area (Å²) in [6.45, 7) is 6.23. The monoisotopic (exact) mass is 249 g/mol. The Morgan fingerprint density at radius 3 is 2.44 bits per heavy atom. The Balaban J connectivity index is 2.33. The molecule has 1 aromatic carbocycles. The summed E-state index contributed by atoms with van der Waals surface area (Å²) in [4.78, 5) is 13.4. The van der Waals surface area contributed by atoms with Gasteiger partial charge in [0.1, 0.15) is 5.82 Å². The molecule has 3 heteroatoms. The van der Waals surface area contributed by atoms with Crippen molar-refractivity contribution in [2.75, 3.05) is 11.9 Å². The van der Waals surface area contributed by atoms with Gasteiger partial charge in [0, 0.05) is 13.0 Å². The van der Waals surface area contributed by atoms with Crippen molar-refractivity contribution in [3.8, 4) is 0 Å². The van der Waals surface area contributed by atoms with Crippen LogP contribution in [-0.4, -0.2) is 13.0 Å². The second kappa shape index (κ2) is 4.38. The maximum absolute atomic E-state index is 13.9. The molecule has 18 heavy (non-hydrogen) atoms. The molecule has 2 rings (SSSR count).